The first kappa shape index (κ1) is 22.2. The molecule has 1 aromatic carbocycles. The Bertz CT molecular complexity index is 637. The third-order valence-electron chi connectivity index (χ3n) is 4.82. The molecule has 0 radical (unpaired) electrons. The number of methoxy groups -OCH3 is 1. The summed E-state index contributed by atoms with van der Waals surface area (Å²) in [4.78, 5) is 4.21. The number of aliphatic imine (C=N–C) groups is 1. The molecule has 0 bridgehead atoms. The van der Waals surface area contributed by atoms with Gasteiger partial charge in [0, 0.05) is 45.5 Å². The molecule has 1 aliphatic carbocycles. The average Bonchev–Trinajstić information content (AvgIpc) is 3.45. The van der Waals surface area contributed by atoms with Crippen molar-refractivity contribution in [2.75, 3.05) is 33.9 Å². The molecule has 0 saturated heterocycles. The summed E-state index contributed by atoms with van der Waals surface area (Å²) in [5.41, 5.74) is 0.878. The Labute approximate surface area is 165 Å². The molecule has 158 valence electrons. The van der Waals surface area contributed by atoms with Crippen LogP contribution in [0.5, 0.6) is 11.5 Å². The topological polar surface area (TPSA) is 64.1 Å². The molecule has 8 heteroatoms. The predicted molar refractivity (Wildman–Crippen MR) is 105 cm³/mol. The number of guanidine groups is 1. The second kappa shape index (κ2) is 11.0. The molecule has 0 aliphatic heterocycles. The number of benzene rings is 1. The largest absolute Gasteiger partial charge is 0.493 e. The summed E-state index contributed by atoms with van der Waals surface area (Å²) in [5, 5.41) is 6.48. The Hall–Kier alpha value is -2.09. The number of hydrogen-bond donors (Lipinski definition) is 2. The molecule has 1 fully saturated rings. The van der Waals surface area contributed by atoms with Crippen molar-refractivity contribution >= 4 is 5.96 Å². The average molecular weight is 399 g/mol. The van der Waals surface area contributed by atoms with Gasteiger partial charge in [0.05, 0.1) is 6.61 Å². The lowest BCUT2D eigenvalue weighted by molar-refractivity contribution is -0.0505. The summed E-state index contributed by atoms with van der Waals surface area (Å²) in [7, 11) is 3.39. The number of rotatable bonds is 12. The van der Waals surface area contributed by atoms with Gasteiger partial charge in [0.2, 0.25) is 0 Å². The van der Waals surface area contributed by atoms with Gasteiger partial charge in [-0.2, -0.15) is 8.78 Å². The first-order valence-corrected chi connectivity index (χ1v) is 9.66. The van der Waals surface area contributed by atoms with Crippen LogP contribution in [0, 0.1) is 5.41 Å². The Morgan fingerprint density at radius 3 is 2.64 bits per heavy atom. The molecule has 0 unspecified atom stereocenters. The quantitative estimate of drug-likeness (QED) is 0.416. The molecule has 0 atom stereocenters. The van der Waals surface area contributed by atoms with Crippen LogP contribution < -0.4 is 20.1 Å². The lowest BCUT2D eigenvalue weighted by Gasteiger charge is -2.19. The van der Waals surface area contributed by atoms with Crippen molar-refractivity contribution in [1.29, 1.82) is 0 Å². The highest BCUT2D eigenvalue weighted by molar-refractivity contribution is 5.79. The van der Waals surface area contributed by atoms with Crippen LogP contribution in [-0.2, 0) is 11.3 Å². The van der Waals surface area contributed by atoms with E-state index < -0.39 is 6.61 Å². The van der Waals surface area contributed by atoms with Gasteiger partial charge in [-0.1, -0.05) is 6.92 Å². The Kier molecular flexibility index (Phi) is 8.76. The van der Waals surface area contributed by atoms with E-state index in [1.807, 2.05) is 6.92 Å². The van der Waals surface area contributed by atoms with Gasteiger partial charge in [0.1, 0.15) is 11.5 Å². The number of nitrogens with one attached hydrogen (secondary N) is 2. The van der Waals surface area contributed by atoms with Gasteiger partial charge in [-0.25, -0.2) is 0 Å². The summed E-state index contributed by atoms with van der Waals surface area (Å²) >= 11 is 0. The summed E-state index contributed by atoms with van der Waals surface area (Å²) in [6, 6.07) is 4.98. The minimum absolute atomic E-state index is 0.102. The van der Waals surface area contributed by atoms with Gasteiger partial charge in [0.25, 0.3) is 0 Å². The van der Waals surface area contributed by atoms with E-state index in [0.717, 1.165) is 26.0 Å². The van der Waals surface area contributed by atoms with Crippen LogP contribution in [0.2, 0.25) is 0 Å². The molecule has 0 heterocycles. The number of nitrogens with zero attached hydrogens (tertiary/aromatic N) is 1. The van der Waals surface area contributed by atoms with Gasteiger partial charge in [0.15, 0.2) is 5.96 Å². The minimum Gasteiger partial charge on any atom is -0.493 e. The smallest absolute Gasteiger partial charge is 0.387 e. The molecule has 28 heavy (non-hydrogen) atoms. The van der Waals surface area contributed by atoms with Gasteiger partial charge in [-0.3, -0.25) is 4.99 Å². The van der Waals surface area contributed by atoms with Gasteiger partial charge >= 0.3 is 6.61 Å². The molecule has 1 saturated carbocycles. The fourth-order valence-electron chi connectivity index (χ4n) is 2.88. The highest BCUT2D eigenvalue weighted by atomic mass is 19.3. The monoisotopic (exact) mass is 399 g/mol. The summed E-state index contributed by atoms with van der Waals surface area (Å²) in [6.07, 6.45) is 4.19. The van der Waals surface area contributed by atoms with E-state index in [1.54, 1.807) is 26.3 Å². The molecule has 2 N–H and O–H groups in total. The summed E-state index contributed by atoms with van der Waals surface area (Å²) < 4.78 is 40.9. The van der Waals surface area contributed by atoms with E-state index in [-0.39, 0.29) is 11.2 Å². The first-order chi connectivity index (χ1) is 13.5. The van der Waals surface area contributed by atoms with E-state index >= 15 is 0 Å². The van der Waals surface area contributed by atoms with Gasteiger partial charge in [-0.05, 0) is 43.2 Å². The zero-order chi connectivity index (χ0) is 20.4. The lowest BCUT2D eigenvalue weighted by Crippen LogP contribution is -2.40. The van der Waals surface area contributed by atoms with Crippen LogP contribution in [0.25, 0.3) is 0 Å². The molecule has 0 aromatic heterocycles. The standard InChI is InChI=1S/C20H31F2N3O3/c1-4-10-27-16-6-5-15(17(12-16)28-18(21)22)13-24-19(23-2)25-14-20(7-8-20)9-11-26-3/h5-6,12,18H,4,7-11,13-14H2,1-3H3,(H2,23,24,25). The van der Waals surface area contributed by atoms with Crippen molar-refractivity contribution in [3.63, 3.8) is 0 Å². The Balaban J connectivity index is 1.93. The van der Waals surface area contributed by atoms with Crippen LogP contribution in [0.3, 0.4) is 0 Å². The third kappa shape index (κ3) is 7.14. The maximum absolute atomic E-state index is 12.8. The van der Waals surface area contributed by atoms with Crippen LogP contribution in [-0.4, -0.2) is 46.5 Å². The number of hydrogen-bond acceptors (Lipinski definition) is 4. The molecule has 0 spiro atoms. The van der Waals surface area contributed by atoms with Gasteiger partial charge < -0.3 is 24.8 Å². The SMILES string of the molecule is CCCOc1ccc(CNC(=NC)NCC2(CCOC)CC2)c(OC(F)F)c1. The first-order valence-electron chi connectivity index (χ1n) is 9.66. The molecular weight excluding hydrogens is 368 g/mol. The highest BCUT2D eigenvalue weighted by Crippen LogP contribution is 2.48. The zero-order valence-electron chi connectivity index (χ0n) is 16.9. The van der Waals surface area contributed by atoms with Crippen LogP contribution in [0.1, 0.15) is 38.2 Å². The molecule has 2 rings (SSSR count). The minimum atomic E-state index is -2.90. The summed E-state index contributed by atoms with van der Waals surface area (Å²) in [5.74, 6) is 1.24. The third-order valence-corrected chi connectivity index (χ3v) is 4.82. The van der Waals surface area contributed by atoms with E-state index in [0.29, 0.717) is 30.4 Å². The molecule has 1 aliphatic rings. The Morgan fingerprint density at radius 2 is 2.04 bits per heavy atom. The molecular formula is C20H31F2N3O3. The van der Waals surface area contributed by atoms with Crippen molar-refractivity contribution in [2.45, 2.75) is 45.8 Å². The second-order valence-corrected chi connectivity index (χ2v) is 7.02. The maximum Gasteiger partial charge on any atom is 0.387 e. The van der Waals surface area contributed by atoms with E-state index in [1.165, 1.54) is 18.9 Å². The number of ether oxygens (including phenoxy) is 3. The highest BCUT2D eigenvalue weighted by Gasteiger charge is 2.41. The van der Waals surface area contributed by atoms with Crippen molar-refractivity contribution in [3.8, 4) is 11.5 Å². The molecule has 6 nitrogen and oxygen atoms in total. The number of alkyl halides is 2. The predicted octanol–water partition coefficient (Wildman–Crippen LogP) is 3.56. The van der Waals surface area contributed by atoms with Crippen molar-refractivity contribution in [1.82, 2.24) is 10.6 Å². The summed E-state index contributed by atoms with van der Waals surface area (Å²) in [6.45, 7) is 1.46. The lowest BCUT2D eigenvalue weighted by atomic mass is 10.0. The second-order valence-electron chi connectivity index (χ2n) is 7.02. The number of halogens is 2. The fraction of sp³-hybridized carbons (Fsp3) is 0.650. The van der Waals surface area contributed by atoms with Crippen molar-refractivity contribution in [3.05, 3.63) is 23.8 Å². The normalized spacial score (nSPS) is 15.4. The Morgan fingerprint density at radius 1 is 1.25 bits per heavy atom. The van der Waals surface area contributed by atoms with E-state index in [9.17, 15) is 8.78 Å². The van der Waals surface area contributed by atoms with E-state index in [4.69, 9.17) is 9.47 Å². The molecule has 1 aromatic rings. The van der Waals surface area contributed by atoms with Crippen LogP contribution in [0.15, 0.2) is 23.2 Å². The van der Waals surface area contributed by atoms with Crippen LogP contribution in [0.4, 0.5) is 8.78 Å². The maximum atomic E-state index is 12.8. The van der Waals surface area contributed by atoms with Gasteiger partial charge in [-0.15, -0.1) is 0 Å². The zero-order valence-corrected chi connectivity index (χ0v) is 16.9. The van der Waals surface area contributed by atoms with Crippen LogP contribution >= 0.6 is 0 Å². The van der Waals surface area contributed by atoms with Crippen molar-refractivity contribution < 1.29 is 23.0 Å². The molecule has 0 amide bonds. The van der Waals surface area contributed by atoms with Crippen molar-refractivity contribution in [2.24, 2.45) is 10.4 Å². The fourth-order valence-corrected chi connectivity index (χ4v) is 2.88. The van der Waals surface area contributed by atoms with E-state index in [2.05, 4.69) is 20.4 Å².